The Morgan fingerprint density at radius 1 is 1.82 bits per heavy atom. The first-order chi connectivity index (χ1) is 5.34. The summed E-state index contributed by atoms with van der Waals surface area (Å²) < 4.78 is 0. The summed E-state index contributed by atoms with van der Waals surface area (Å²) >= 11 is 1.35. The van der Waals surface area contributed by atoms with E-state index in [2.05, 4.69) is 10.0 Å². The number of rotatable bonds is 3. The van der Waals surface area contributed by atoms with Gasteiger partial charge in [-0.1, -0.05) is 11.2 Å². The van der Waals surface area contributed by atoms with E-state index in [1.807, 2.05) is 5.38 Å². The van der Waals surface area contributed by atoms with Crippen LogP contribution in [0.2, 0.25) is 0 Å². The summed E-state index contributed by atoms with van der Waals surface area (Å²) in [6.07, 6.45) is 0. The van der Waals surface area contributed by atoms with Crippen molar-refractivity contribution in [3.05, 3.63) is 32.8 Å². The average Bonchev–Trinajstić information content (AvgIpc) is 2.52. The zero-order chi connectivity index (χ0) is 8.10. The fraction of sp³-hybridized carbons (Fsp3) is 0.167. The van der Waals surface area contributed by atoms with E-state index in [9.17, 15) is 4.79 Å². The Morgan fingerprint density at radius 2 is 2.64 bits per heavy atom. The highest BCUT2D eigenvalue weighted by Crippen LogP contribution is 2.08. The normalized spacial score (nSPS) is 8.73. The molecule has 1 rings (SSSR count). The van der Waals surface area contributed by atoms with Crippen molar-refractivity contribution in [1.82, 2.24) is 0 Å². The van der Waals surface area contributed by atoms with E-state index in [-0.39, 0.29) is 12.3 Å². The molecular formula is C6H5N3OS. The summed E-state index contributed by atoms with van der Waals surface area (Å²) in [6, 6.07) is 3.49. The molecule has 0 aliphatic carbocycles. The molecule has 0 radical (unpaired) electrons. The van der Waals surface area contributed by atoms with Crippen molar-refractivity contribution >= 4 is 17.1 Å². The lowest BCUT2D eigenvalue weighted by Gasteiger charge is -1.87. The number of hydrogen-bond donors (Lipinski definition) is 0. The van der Waals surface area contributed by atoms with Gasteiger partial charge in [0.05, 0.1) is 11.4 Å². The molecule has 1 heterocycles. The summed E-state index contributed by atoms with van der Waals surface area (Å²) in [4.78, 5) is 14.1. The van der Waals surface area contributed by atoms with Crippen molar-refractivity contribution in [3.8, 4) is 0 Å². The van der Waals surface area contributed by atoms with Gasteiger partial charge in [0.1, 0.15) is 0 Å². The van der Waals surface area contributed by atoms with Crippen LogP contribution in [0, 0.1) is 0 Å². The van der Waals surface area contributed by atoms with Crippen molar-refractivity contribution in [2.24, 2.45) is 5.11 Å². The largest absolute Gasteiger partial charge is 0.293 e. The van der Waals surface area contributed by atoms with Crippen LogP contribution in [-0.2, 0) is 0 Å². The highest BCUT2D eigenvalue weighted by molar-refractivity contribution is 7.12. The van der Waals surface area contributed by atoms with Crippen molar-refractivity contribution < 1.29 is 4.79 Å². The summed E-state index contributed by atoms with van der Waals surface area (Å²) in [7, 11) is 0. The van der Waals surface area contributed by atoms with Crippen LogP contribution < -0.4 is 0 Å². The number of thiophene rings is 1. The molecule has 5 heteroatoms. The molecule has 0 saturated carbocycles. The third-order valence-corrected chi connectivity index (χ3v) is 1.98. The summed E-state index contributed by atoms with van der Waals surface area (Å²) in [5.74, 6) is -0.127. The number of azide groups is 1. The molecule has 0 fully saturated rings. The number of ketones is 1. The highest BCUT2D eigenvalue weighted by Gasteiger charge is 2.03. The van der Waals surface area contributed by atoms with E-state index < -0.39 is 0 Å². The van der Waals surface area contributed by atoms with Gasteiger partial charge in [0.15, 0.2) is 5.78 Å². The zero-order valence-electron chi connectivity index (χ0n) is 5.60. The molecule has 0 bridgehead atoms. The summed E-state index contributed by atoms with van der Waals surface area (Å²) in [5, 5.41) is 4.97. The van der Waals surface area contributed by atoms with Gasteiger partial charge in [-0.25, -0.2) is 0 Å². The Hall–Kier alpha value is -1.32. The molecule has 0 aromatic carbocycles. The Labute approximate surface area is 67.1 Å². The van der Waals surface area contributed by atoms with Gasteiger partial charge in [0, 0.05) is 4.91 Å². The monoisotopic (exact) mass is 167 g/mol. The molecule has 56 valence electrons. The third-order valence-electron chi connectivity index (χ3n) is 1.07. The molecule has 0 spiro atoms. The van der Waals surface area contributed by atoms with Gasteiger partial charge in [-0.05, 0) is 17.0 Å². The molecule has 0 atom stereocenters. The van der Waals surface area contributed by atoms with Gasteiger partial charge in [-0.15, -0.1) is 11.3 Å². The van der Waals surface area contributed by atoms with Crippen LogP contribution in [0.4, 0.5) is 0 Å². The molecule has 0 saturated heterocycles. The summed E-state index contributed by atoms with van der Waals surface area (Å²) in [5.41, 5.74) is 7.92. The van der Waals surface area contributed by atoms with Crippen molar-refractivity contribution in [3.63, 3.8) is 0 Å². The lowest BCUT2D eigenvalue weighted by Crippen LogP contribution is -1.98. The van der Waals surface area contributed by atoms with Crippen LogP contribution in [0.5, 0.6) is 0 Å². The average molecular weight is 167 g/mol. The van der Waals surface area contributed by atoms with Crippen LogP contribution in [0.25, 0.3) is 10.4 Å². The maximum atomic E-state index is 11.0. The minimum atomic E-state index is -0.127. The first-order valence-corrected chi connectivity index (χ1v) is 3.80. The minimum absolute atomic E-state index is 0.0863. The second kappa shape index (κ2) is 3.75. The van der Waals surface area contributed by atoms with Gasteiger partial charge < -0.3 is 0 Å². The van der Waals surface area contributed by atoms with Gasteiger partial charge in [0.25, 0.3) is 0 Å². The number of nitrogens with zero attached hydrogens (tertiary/aromatic N) is 3. The number of hydrogen-bond acceptors (Lipinski definition) is 3. The van der Waals surface area contributed by atoms with E-state index in [1.165, 1.54) is 11.3 Å². The second-order valence-electron chi connectivity index (χ2n) is 1.79. The molecule has 4 nitrogen and oxygen atoms in total. The predicted molar refractivity (Wildman–Crippen MR) is 42.7 cm³/mol. The highest BCUT2D eigenvalue weighted by atomic mass is 32.1. The van der Waals surface area contributed by atoms with Crippen molar-refractivity contribution in [2.45, 2.75) is 0 Å². The van der Waals surface area contributed by atoms with E-state index >= 15 is 0 Å². The molecule has 0 aliphatic rings. The molecule has 11 heavy (non-hydrogen) atoms. The Bertz CT molecular complexity index is 287. The first-order valence-electron chi connectivity index (χ1n) is 2.92. The molecule has 0 unspecified atom stereocenters. The Morgan fingerprint density at radius 3 is 3.18 bits per heavy atom. The minimum Gasteiger partial charge on any atom is -0.293 e. The quantitative estimate of drug-likeness (QED) is 0.294. The van der Waals surface area contributed by atoms with Gasteiger partial charge in [-0.2, -0.15) is 0 Å². The van der Waals surface area contributed by atoms with Crippen LogP contribution in [0.1, 0.15) is 9.67 Å². The smallest absolute Gasteiger partial charge is 0.178 e. The van der Waals surface area contributed by atoms with Gasteiger partial charge in [0.2, 0.25) is 0 Å². The van der Waals surface area contributed by atoms with Crippen molar-refractivity contribution in [2.75, 3.05) is 6.54 Å². The van der Waals surface area contributed by atoms with Crippen molar-refractivity contribution in [1.29, 1.82) is 0 Å². The maximum Gasteiger partial charge on any atom is 0.178 e. The number of carbonyl (C=O) groups excluding carboxylic acids is 1. The third kappa shape index (κ3) is 2.07. The summed E-state index contributed by atoms with van der Waals surface area (Å²) in [6.45, 7) is -0.0863. The fourth-order valence-corrected chi connectivity index (χ4v) is 1.27. The molecule has 0 aliphatic heterocycles. The topological polar surface area (TPSA) is 65.8 Å². The molecular weight excluding hydrogens is 162 g/mol. The number of Topliss-reactive ketones (excluding diaryl/α,β-unsaturated/α-hetero) is 1. The van der Waals surface area contributed by atoms with Crippen LogP contribution in [0.15, 0.2) is 22.6 Å². The van der Waals surface area contributed by atoms with E-state index in [0.29, 0.717) is 4.88 Å². The predicted octanol–water partition coefficient (Wildman–Crippen LogP) is 2.24. The lowest BCUT2D eigenvalue weighted by atomic mass is 10.3. The first kappa shape index (κ1) is 7.78. The zero-order valence-corrected chi connectivity index (χ0v) is 6.41. The van der Waals surface area contributed by atoms with Gasteiger partial charge in [-0.3, -0.25) is 4.79 Å². The fourth-order valence-electron chi connectivity index (χ4n) is 0.611. The van der Waals surface area contributed by atoms with Crippen LogP contribution in [-0.4, -0.2) is 12.3 Å². The SMILES string of the molecule is [N-]=[N+]=NCC(=O)c1cccs1. The second-order valence-corrected chi connectivity index (χ2v) is 2.74. The molecule has 1 aromatic rings. The number of carbonyl (C=O) groups is 1. The van der Waals surface area contributed by atoms with E-state index in [4.69, 9.17) is 5.53 Å². The molecule has 0 amide bonds. The van der Waals surface area contributed by atoms with E-state index in [0.717, 1.165) is 0 Å². The molecule has 0 N–H and O–H groups in total. The van der Waals surface area contributed by atoms with Crippen LogP contribution >= 0.6 is 11.3 Å². The standard InChI is InChI=1S/C6H5N3OS/c7-9-8-4-5(10)6-2-1-3-11-6/h1-3H,4H2. The van der Waals surface area contributed by atoms with E-state index in [1.54, 1.807) is 12.1 Å². The lowest BCUT2D eigenvalue weighted by molar-refractivity contribution is 0.101. The Kier molecular flexibility index (Phi) is 2.66. The maximum absolute atomic E-state index is 11.0. The Balaban J connectivity index is 2.63. The van der Waals surface area contributed by atoms with Crippen LogP contribution in [0.3, 0.4) is 0 Å². The molecule has 1 aromatic heterocycles. The van der Waals surface area contributed by atoms with Gasteiger partial charge >= 0.3 is 0 Å².